The van der Waals surface area contributed by atoms with Crippen molar-refractivity contribution in [1.29, 1.82) is 5.26 Å². The number of fused-ring (bicyclic) bond motifs is 1. The number of aromatic nitrogens is 2. The number of H-pyrrole nitrogens is 1. The van der Waals surface area contributed by atoms with Crippen LogP contribution in [-0.4, -0.2) is 10.2 Å². The Kier molecular flexibility index (Phi) is 2.71. The number of nitrogens with zero attached hydrogens (tertiary/aromatic N) is 2. The van der Waals surface area contributed by atoms with Gasteiger partial charge in [0.1, 0.15) is 5.69 Å². The molecule has 0 radical (unpaired) electrons. The van der Waals surface area contributed by atoms with Crippen molar-refractivity contribution in [3.63, 3.8) is 0 Å². The van der Waals surface area contributed by atoms with Gasteiger partial charge < -0.3 is 0 Å². The summed E-state index contributed by atoms with van der Waals surface area (Å²) in [6.07, 6.45) is 0.233. The predicted molar refractivity (Wildman–Crippen MR) is 60.9 cm³/mol. The lowest BCUT2D eigenvalue weighted by atomic mass is 10.2. The Morgan fingerprint density at radius 3 is 3.13 bits per heavy atom. The molecule has 0 aliphatic heterocycles. The molecule has 0 unspecified atom stereocenters. The minimum atomic E-state index is 0.233. The third kappa shape index (κ3) is 2.01. The molecule has 1 heterocycles. The van der Waals surface area contributed by atoms with Crippen LogP contribution in [0.25, 0.3) is 10.9 Å². The molecule has 1 aromatic carbocycles. The average molecular weight is 260 g/mol. The minimum Gasteiger partial charge on any atom is -0.269 e. The topological polar surface area (TPSA) is 52.5 Å². The molecule has 0 bridgehead atoms. The maximum absolute atomic E-state index is 8.36. The van der Waals surface area contributed by atoms with E-state index in [0.717, 1.165) is 21.1 Å². The van der Waals surface area contributed by atoms with Gasteiger partial charge in [-0.2, -0.15) is 10.4 Å². The van der Waals surface area contributed by atoms with Crippen LogP contribution in [0.1, 0.15) is 12.1 Å². The van der Waals surface area contributed by atoms with Gasteiger partial charge in [-0.1, -0.05) is 21.9 Å². The molecule has 1 aromatic heterocycles. The molecule has 0 aliphatic carbocycles. The SMILES string of the molecule is N#CCC#Cc1[nH]nc2cc(Br)ccc12. The summed E-state index contributed by atoms with van der Waals surface area (Å²) in [6, 6.07) is 7.77. The second kappa shape index (κ2) is 4.16. The summed E-state index contributed by atoms with van der Waals surface area (Å²) in [5, 5.41) is 16.3. The number of halogens is 1. The Morgan fingerprint density at radius 2 is 2.33 bits per heavy atom. The zero-order valence-electron chi connectivity index (χ0n) is 7.71. The van der Waals surface area contributed by atoms with Crippen LogP contribution >= 0.6 is 15.9 Å². The van der Waals surface area contributed by atoms with Gasteiger partial charge in [-0.3, -0.25) is 5.10 Å². The standard InChI is InChI=1S/C11H6BrN3/c12-8-4-5-9-10(3-1-2-6-13)14-15-11(9)7-8/h4-5,7H,2H2,(H,14,15). The van der Waals surface area contributed by atoms with Crippen molar-refractivity contribution < 1.29 is 0 Å². The van der Waals surface area contributed by atoms with Crippen molar-refractivity contribution in [3.8, 4) is 17.9 Å². The fraction of sp³-hybridized carbons (Fsp3) is 0.0909. The summed E-state index contributed by atoms with van der Waals surface area (Å²) in [7, 11) is 0. The largest absolute Gasteiger partial charge is 0.269 e. The Balaban J connectivity index is 2.48. The quantitative estimate of drug-likeness (QED) is 0.740. The van der Waals surface area contributed by atoms with Crippen molar-refractivity contribution in [3.05, 3.63) is 28.4 Å². The maximum Gasteiger partial charge on any atom is 0.115 e. The van der Waals surface area contributed by atoms with Crippen molar-refractivity contribution in [2.24, 2.45) is 0 Å². The molecular weight excluding hydrogens is 254 g/mol. The van der Waals surface area contributed by atoms with E-state index in [2.05, 4.69) is 38.0 Å². The van der Waals surface area contributed by atoms with Crippen molar-refractivity contribution >= 4 is 26.8 Å². The van der Waals surface area contributed by atoms with Crippen LogP contribution in [0.2, 0.25) is 0 Å². The molecule has 2 rings (SSSR count). The van der Waals surface area contributed by atoms with Gasteiger partial charge in [0.25, 0.3) is 0 Å². The average Bonchev–Trinajstić information content (AvgIpc) is 2.61. The lowest BCUT2D eigenvalue weighted by Gasteiger charge is -1.89. The molecule has 0 saturated carbocycles. The van der Waals surface area contributed by atoms with Gasteiger partial charge >= 0.3 is 0 Å². The van der Waals surface area contributed by atoms with E-state index in [0.29, 0.717) is 0 Å². The second-order valence-corrected chi connectivity index (χ2v) is 3.81. The lowest BCUT2D eigenvalue weighted by molar-refractivity contribution is 1.10. The highest BCUT2D eigenvalue weighted by atomic mass is 79.9. The molecule has 4 heteroatoms. The van der Waals surface area contributed by atoms with Crippen LogP contribution in [0, 0.1) is 23.2 Å². The van der Waals surface area contributed by atoms with Gasteiger partial charge in [0, 0.05) is 9.86 Å². The molecule has 0 aliphatic rings. The summed E-state index contributed by atoms with van der Waals surface area (Å²) in [5.41, 5.74) is 1.62. The highest BCUT2D eigenvalue weighted by Gasteiger charge is 2.02. The number of rotatable bonds is 0. The third-order valence-electron chi connectivity index (χ3n) is 1.90. The summed E-state index contributed by atoms with van der Waals surface area (Å²) in [6.45, 7) is 0. The zero-order valence-corrected chi connectivity index (χ0v) is 9.30. The number of benzene rings is 1. The van der Waals surface area contributed by atoms with Crippen LogP contribution in [0.5, 0.6) is 0 Å². The molecule has 3 nitrogen and oxygen atoms in total. The molecule has 0 atom stereocenters. The lowest BCUT2D eigenvalue weighted by Crippen LogP contribution is -1.74. The van der Waals surface area contributed by atoms with Crippen molar-refractivity contribution in [1.82, 2.24) is 10.2 Å². The molecule has 72 valence electrons. The summed E-state index contributed by atoms with van der Waals surface area (Å²) < 4.78 is 0.984. The van der Waals surface area contributed by atoms with Gasteiger partial charge in [0.2, 0.25) is 0 Å². The van der Waals surface area contributed by atoms with Crippen molar-refractivity contribution in [2.45, 2.75) is 6.42 Å². The Bertz CT molecular complexity index is 596. The fourth-order valence-electron chi connectivity index (χ4n) is 1.25. The molecule has 0 saturated heterocycles. The van der Waals surface area contributed by atoms with E-state index in [-0.39, 0.29) is 6.42 Å². The maximum atomic E-state index is 8.36. The van der Waals surface area contributed by atoms with Gasteiger partial charge in [0.05, 0.1) is 18.0 Å². The van der Waals surface area contributed by atoms with E-state index in [1.54, 1.807) is 0 Å². The van der Waals surface area contributed by atoms with E-state index >= 15 is 0 Å². The number of nitriles is 1. The Morgan fingerprint density at radius 1 is 1.47 bits per heavy atom. The molecular formula is C11H6BrN3. The number of hydrogen-bond donors (Lipinski definition) is 1. The van der Waals surface area contributed by atoms with E-state index in [9.17, 15) is 0 Å². The van der Waals surface area contributed by atoms with Gasteiger partial charge in [-0.25, -0.2) is 0 Å². The van der Waals surface area contributed by atoms with Crippen LogP contribution in [-0.2, 0) is 0 Å². The first kappa shape index (κ1) is 9.76. The second-order valence-electron chi connectivity index (χ2n) is 2.90. The van der Waals surface area contributed by atoms with E-state index < -0.39 is 0 Å². The monoisotopic (exact) mass is 259 g/mol. The fourth-order valence-corrected chi connectivity index (χ4v) is 1.60. The first-order valence-corrected chi connectivity index (χ1v) is 5.10. The van der Waals surface area contributed by atoms with Crippen LogP contribution in [0.15, 0.2) is 22.7 Å². The van der Waals surface area contributed by atoms with Crippen LogP contribution in [0.3, 0.4) is 0 Å². The van der Waals surface area contributed by atoms with Crippen molar-refractivity contribution in [2.75, 3.05) is 0 Å². The van der Waals surface area contributed by atoms with Crippen LogP contribution < -0.4 is 0 Å². The van der Waals surface area contributed by atoms with E-state index in [1.165, 1.54) is 0 Å². The Labute approximate surface area is 95.2 Å². The summed E-state index contributed by atoms with van der Waals surface area (Å²) >= 11 is 3.37. The number of nitrogens with one attached hydrogen (secondary N) is 1. The van der Waals surface area contributed by atoms with Gasteiger partial charge in [-0.15, -0.1) is 0 Å². The van der Waals surface area contributed by atoms with Gasteiger partial charge in [0.15, 0.2) is 0 Å². The normalized spacial score (nSPS) is 9.33. The molecule has 0 fully saturated rings. The number of aromatic amines is 1. The van der Waals surface area contributed by atoms with Crippen LogP contribution in [0.4, 0.5) is 0 Å². The predicted octanol–water partition coefficient (Wildman–Crippen LogP) is 2.59. The smallest absolute Gasteiger partial charge is 0.115 e. The first-order valence-electron chi connectivity index (χ1n) is 4.30. The highest BCUT2D eigenvalue weighted by Crippen LogP contribution is 2.19. The van der Waals surface area contributed by atoms with E-state index in [1.807, 2.05) is 24.3 Å². The third-order valence-corrected chi connectivity index (χ3v) is 2.39. The van der Waals surface area contributed by atoms with Gasteiger partial charge in [-0.05, 0) is 24.1 Å². The summed E-state index contributed by atoms with van der Waals surface area (Å²) in [5.74, 6) is 5.63. The first-order chi connectivity index (χ1) is 7.31. The zero-order chi connectivity index (χ0) is 10.7. The molecule has 2 aromatic rings. The molecule has 0 amide bonds. The Hall–Kier alpha value is -1.78. The summed E-state index contributed by atoms with van der Waals surface area (Å²) in [4.78, 5) is 0. The van der Waals surface area contributed by atoms with E-state index in [4.69, 9.17) is 5.26 Å². The molecule has 15 heavy (non-hydrogen) atoms. The minimum absolute atomic E-state index is 0.233. The highest BCUT2D eigenvalue weighted by molar-refractivity contribution is 9.10. The molecule has 1 N–H and O–H groups in total. The molecule has 0 spiro atoms. The number of hydrogen-bond acceptors (Lipinski definition) is 2.